The van der Waals surface area contributed by atoms with Crippen LogP contribution in [0.1, 0.15) is 20.7 Å². The average molecular weight is 441 g/mol. The second-order valence-electron chi connectivity index (χ2n) is 6.32. The summed E-state index contributed by atoms with van der Waals surface area (Å²) in [6, 6.07) is 9.64. The molecule has 1 N–H and O–H groups in total. The van der Waals surface area contributed by atoms with E-state index in [1.807, 2.05) is 0 Å². The molecule has 0 fully saturated rings. The number of hydrogen-bond donors (Lipinski definition) is 1. The summed E-state index contributed by atoms with van der Waals surface area (Å²) in [5.41, 5.74) is 1.10. The van der Waals surface area contributed by atoms with Crippen LogP contribution in [0.5, 0.6) is 0 Å². The van der Waals surface area contributed by atoms with Gasteiger partial charge in [0.25, 0.3) is 17.4 Å². The average Bonchev–Trinajstić information content (AvgIpc) is 2.88. The van der Waals surface area contributed by atoms with Crippen molar-refractivity contribution in [3.63, 3.8) is 0 Å². The number of nitrogens with zero attached hydrogens (tertiary/aromatic N) is 3. The molecule has 2 heterocycles. The molecule has 28 heavy (non-hydrogen) atoms. The fraction of sp³-hybridized carbons (Fsp3) is 0.105. The third-order valence-electron chi connectivity index (χ3n) is 4.47. The molecule has 1 aliphatic heterocycles. The van der Waals surface area contributed by atoms with Crippen LogP contribution in [0.15, 0.2) is 52.0 Å². The van der Waals surface area contributed by atoms with E-state index < -0.39 is 11.8 Å². The minimum absolute atomic E-state index is 0.236. The van der Waals surface area contributed by atoms with Crippen molar-refractivity contribution in [2.24, 2.45) is 0 Å². The maximum absolute atomic E-state index is 12.6. The second kappa shape index (κ2) is 6.68. The second-order valence-corrected chi connectivity index (χ2v) is 7.23. The van der Waals surface area contributed by atoms with Gasteiger partial charge in [0, 0.05) is 17.2 Å². The molecule has 0 saturated heterocycles. The number of carbonyl (C=O) groups excluding carboxylic acids is 3. The molecule has 1 aliphatic rings. The summed E-state index contributed by atoms with van der Waals surface area (Å²) in [4.78, 5) is 54.1. The third kappa shape index (κ3) is 2.99. The zero-order chi connectivity index (χ0) is 20.0. The van der Waals surface area contributed by atoms with Crippen LogP contribution in [0.4, 0.5) is 5.69 Å². The van der Waals surface area contributed by atoms with Gasteiger partial charge in [0.05, 0.1) is 28.4 Å². The Hall–Kier alpha value is -3.33. The lowest BCUT2D eigenvalue weighted by atomic mass is 10.1. The summed E-state index contributed by atoms with van der Waals surface area (Å²) in [7, 11) is 1.40. The number of fused-ring (bicyclic) bond motifs is 2. The Labute approximate surface area is 166 Å². The Morgan fingerprint density at radius 3 is 2.61 bits per heavy atom. The first kappa shape index (κ1) is 18.1. The maximum atomic E-state index is 12.6. The van der Waals surface area contributed by atoms with E-state index in [2.05, 4.69) is 26.2 Å². The normalized spacial score (nSPS) is 13.1. The summed E-state index contributed by atoms with van der Waals surface area (Å²) in [5.74, 6) is -1.25. The van der Waals surface area contributed by atoms with Crippen LogP contribution in [-0.4, -0.2) is 39.2 Å². The largest absolute Gasteiger partial charge is 0.325 e. The van der Waals surface area contributed by atoms with Crippen LogP contribution in [0.25, 0.3) is 10.9 Å². The van der Waals surface area contributed by atoms with Gasteiger partial charge in [0.2, 0.25) is 5.91 Å². The fourth-order valence-corrected chi connectivity index (χ4v) is 3.40. The van der Waals surface area contributed by atoms with Crippen LogP contribution in [0, 0.1) is 0 Å². The summed E-state index contributed by atoms with van der Waals surface area (Å²) < 4.78 is 1.95. The van der Waals surface area contributed by atoms with Crippen molar-refractivity contribution < 1.29 is 14.4 Å². The van der Waals surface area contributed by atoms with Crippen molar-refractivity contribution in [1.29, 1.82) is 0 Å². The number of rotatable bonds is 3. The van der Waals surface area contributed by atoms with Crippen LogP contribution >= 0.6 is 15.9 Å². The Morgan fingerprint density at radius 1 is 1.07 bits per heavy atom. The van der Waals surface area contributed by atoms with Gasteiger partial charge in [-0.15, -0.1) is 0 Å². The van der Waals surface area contributed by atoms with Crippen molar-refractivity contribution in [1.82, 2.24) is 14.5 Å². The van der Waals surface area contributed by atoms with E-state index in [4.69, 9.17) is 0 Å². The van der Waals surface area contributed by atoms with Gasteiger partial charge in [0.15, 0.2) is 0 Å². The molecule has 4 rings (SSSR count). The van der Waals surface area contributed by atoms with Crippen LogP contribution in [0.3, 0.4) is 0 Å². The summed E-state index contributed by atoms with van der Waals surface area (Å²) >= 11 is 3.31. The molecule has 8 nitrogen and oxygen atoms in total. The highest BCUT2D eigenvalue weighted by atomic mass is 79.9. The number of anilines is 1. The molecule has 0 radical (unpaired) electrons. The number of benzene rings is 2. The highest BCUT2D eigenvalue weighted by Crippen LogP contribution is 2.24. The van der Waals surface area contributed by atoms with E-state index in [0.29, 0.717) is 22.2 Å². The lowest BCUT2D eigenvalue weighted by Gasteiger charge is -2.09. The van der Waals surface area contributed by atoms with Gasteiger partial charge in [-0.2, -0.15) is 0 Å². The molecule has 3 amide bonds. The predicted octanol–water partition coefficient (Wildman–Crippen LogP) is 2.02. The number of carbonyl (C=O) groups is 3. The van der Waals surface area contributed by atoms with Gasteiger partial charge < -0.3 is 5.32 Å². The lowest BCUT2D eigenvalue weighted by Crippen LogP contribution is -2.28. The van der Waals surface area contributed by atoms with Gasteiger partial charge in [-0.05, 0) is 36.4 Å². The predicted molar refractivity (Wildman–Crippen MR) is 105 cm³/mol. The maximum Gasteiger partial charge on any atom is 0.261 e. The Bertz CT molecular complexity index is 1230. The molecule has 0 saturated carbocycles. The van der Waals surface area contributed by atoms with E-state index >= 15 is 0 Å². The first-order valence-corrected chi connectivity index (χ1v) is 9.05. The number of imide groups is 1. The minimum atomic E-state index is -0.455. The van der Waals surface area contributed by atoms with Gasteiger partial charge in [0.1, 0.15) is 6.54 Å². The number of halogens is 1. The molecule has 0 unspecified atom stereocenters. The molecule has 140 valence electrons. The molecular weight excluding hydrogens is 428 g/mol. The van der Waals surface area contributed by atoms with E-state index in [1.54, 1.807) is 24.3 Å². The van der Waals surface area contributed by atoms with E-state index in [1.165, 1.54) is 30.1 Å². The summed E-state index contributed by atoms with van der Waals surface area (Å²) in [6.45, 7) is -0.238. The molecular formula is C19H13BrN4O4. The van der Waals surface area contributed by atoms with Crippen molar-refractivity contribution in [2.75, 3.05) is 12.4 Å². The number of hydrogen-bond acceptors (Lipinski definition) is 5. The molecule has 2 aromatic carbocycles. The molecule has 0 atom stereocenters. The standard InChI is InChI=1S/C19H13BrN4O4/c1-23-17(26)12-4-3-11(7-13(12)18(23)27)22-16(25)8-24-9-21-15-5-2-10(20)6-14(15)19(24)28/h2-7,9H,8H2,1H3,(H,22,25). The van der Waals surface area contributed by atoms with E-state index in [-0.39, 0.29) is 23.6 Å². The molecule has 0 bridgehead atoms. The highest BCUT2D eigenvalue weighted by molar-refractivity contribution is 9.10. The molecule has 3 aromatic rings. The van der Waals surface area contributed by atoms with Gasteiger partial charge in [-0.3, -0.25) is 28.6 Å². The minimum Gasteiger partial charge on any atom is -0.325 e. The van der Waals surface area contributed by atoms with Crippen molar-refractivity contribution >= 4 is 50.2 Å². The number of nitrogens with one attached hydrogen (secondary N) is 1. The van der Waals surface area contributed by atoms with Gasteiger partial charge in [-0.25, -0.2) is 4.98 Å². The van der Waals surface area contributed by atoms with E-state index in [0.717, 1.165) is 9.37 Å². The SMILES string of the molecule is CN1C(=O)c2ccc(NC(=O)Cn3cnc4ccc(Br)cc4c3=O)cc2C1=O. The monoisotopic (exact) mass is 440 g/mol. The van der Waals surface area contributed by atoms with Crippen molar-refractivity contribution in [3.05, 3.63) is 68.7 Å². The molecule has 0 spiro atoms. The third-order valence-corrected chi connectivity index (χ3v) is 4.97. The smallest absolute Gasteiger partial charge is 0.261 e. The van der Waals surface area contributed by atoms with Gasteiger partial charge in [-0.1, -0.05) is 15.9 Å². The fourth-order valence-electron chi connectivity index (χ4n) is 3.04. The molecule has 1 aromatic heterocycles. The highest BCUT2D eigenvalue weighted by Gasteiger charge is 2.32. The van der Waals surface area contributed by atoms with Crippen molar-refractivity contribution in [2.45, 2.75) is 6.54 Å². The summed E-state index contributed by atoms with van der Waals surface area (Å²) in [5, 5.41) is 3.04. The quantitative estimate of drug-likeness (QED) is 0.627. The Kier molecular flexibility index (Phi) is 4.31. The first-order valence-electron chi connectivity index (χ1n) is 8.26. The molecule has 9 heteroatoms. The Balaban J connectivity index is 1.57. The van der Waals surface area contributed by atoms with Crippen molar-refractivity contribution in [3.8, 4) is 0 Å². The van der Waals surface area contributed by atoms with E-state index in [9.17, 15) is 19.2 Å². The van der Waals surface area contributed by atoms with Crippen LogP contribution < -0.4 is 10.9 Å². The van der Waals surface area contributed by atoms with Gasteiger partial charge >= 0.3 is 0 Å². The zero-order valence-corrected chi connectivity index (χ0v) is 16.2. The Morgan fingerprint density at radius 2 is 1.82 bits per heavy atom. The lowest BCUT2D eigenvalue weighted by molar-refractivity contribution is -0.116. The summed E-state index contributed by atoms with van der Waals surface area (Å²) in [6.07, 6.45) is 1.32. The van der Waals surface area contributed by atoms with Crippen LogP contribution in [-0.2, 0) is 11.3 Å². The number of amides is 3. The first-order chi connectivity index (χ1) is 13.3. The number of aromatic nitrogens is 2. The molecule has 0 aliphatic carbocycles. The topological polar surface area (TPSA) is 101 Å². The van der Waals surface area contributed by atoms with Crippen LogP contribution in [0.2, 0.25) is 0 Å². The zero-order valence-electron chi connectivity index (χ0n) is 14.6.